The quantitative estimate of drug-likeness (QED) is 0.731. The predicted octanol–water partition coefficient (Wildman–Crippen LogP) is 4.38. The number of hydrogen-bond acceptors (Lipinski definition) is 3. The summed E-state index contributed by atoms with van der Waals surface area (Å²) in [5.41, 5.74) is 1.71. The van der Waals surface area contributed by atoms with Crippen LogP contribution in [0.4, 0.5) is 5.69 Å². The third kappa shape index (κ3) is 4.46. The first kappa shape index (κ1) is 17.6. The Morgan fingerprint density at radius 1 is 0.808 bits per heavy atom. The molecule has 0 unspecified atom stereocenters. The lowest BCUT2D eigenvalue weighted by molar-refractivity contribution is 0.102. The van der Waals surface area contributed by atoms with Gasteiger partial charge in [-0.15, -0.1) is 0 Å². The van der Waals surface area contributed by atoms with Crippen molar-refractivity contribution in [3.8, 4) is 0 Å². The summed E-state index contributed by atoms with van der Waals surface area (Å²) in [4.78, 5) is 12.4. The van der Waals surface area contributed by atoms with Crippen LogP contribution in [-0.4, -0.2) is 14.3 Å². The molecule has 0 atom stereocenters. The Morgan fingerprint density at radius 3 is 2.15 bits per heavy atom. The van der Waals surface area contributed by atoms with Crippen LogP contribution in [0.5, 0.6) is 0 Å². The summed E-state index contributed by atoms with van der Waals surface area (Å²) in [6.45, 7) is 0. The largest absolute Gasteiger partial charge is 0.322 e. The first-order valence-corrected chi connectivity index (χ1v) is 9.54. The number of anilines is 1. The zero-order valence-corrected chi connectivity index (χ0v) is 14.7. The fraction of sp³-hybridized carbons (Fsp3) is 0. The van der Waals surface area contributed by atoms with Crippen molar-refractivity contribution in [2.75, 3.05) is 5.32 Å². The minimum Gasteiger partial charge on any atom is -0.322 e. The molecule has 0 aliphatic rings. The molecule has 0 spiro atoms. The van der Waals surface area contributed by atoms with E-state index in [1.807, 2.05) is 48.5 Å². The van der Waals surface area contributed by atoms with Crippen molar-refractivity contribution in [2.45, 2.75) is 4.90 Å². The van der Waals surface area contributed by atoms with Crippen molar-refractivity contribution in [1.29, 1.82) is 0 Å². The van der Waals surface area contributed by atoms with Crippen LogP contribution < -0.4 is 5.32 Å². The monoisotopic (exact) mass is 363 g/mol. The van der Waals surface area contributed by atoms with Gasteiger partial charge in [0.1, 0.15) is 0 Å². The minimum absolute atomic E-state index is 0.0744. The third-order valence-electron chi connectivity index (χ3n) is 3.70. The number of carbonyl (C=O) groups is 1. The molecule has 0 bridgehead atoms. The molecule has 130 valence electrons. The number of amides is 1. The van der Waals surface area contributed by atoms with Gasteiger partial charge in [-0.05, 0) is 42.0 Å². The van der Waals surface area contributed by atoms with E-state index in [9.17, 15) is 13.2 Å². The van der Waals surface area contributed by atoms with Crippen molar-refractivity contribution in [2.24, 2.45) is 0 Å². The molecule has 0 aliphatic heterocycles. The maximum absolute atomic E-state index is 12.5. The van der Waals surface area contributed by atoms with Gasteiger partial charge in [0.15, 0.2) is 9.84 Å². The van der Waals surface area contributed by atoms with Crippen molar-refractivity contribution in [1.82, 2.24) is 0 Å². The highest BCUT2D eigenvalue weighted by Crippen LogP contribution is 2.17. The Bertz CT molecular complexity index is 1030. The van der Waals surface area contributed by atoms with Gasteiger partial charge in [0.05, 0.1) is 4.90 Å². The first-order valence-electron chi connectivity index (χ1n) is 7.99. The fourth-order valence-electron chi connectivity index (χ4n) is 2.35. The summed E-state index contributed by atoms with van der Waals surface area (Å²) < 4.78 is 25.0. The molecule has 0 fully saturated rings. The Morgan fingerprint density at radius 2 is 1.46 bits per heavy atom. The van der Waals surface area contributed by atoms with Crippen LogP contribution in [0, 0.1) is 0 Å². The molecule has 1 N–H and O–H groups in total. The maximum atomic E-state index is 12.5. The predicted molar refractivity (Wildman–Crippen MR) is 103 cm³/mol. The number of para-hydroxylation sites is 1. The minimum atomic E-state index is -3.65. The summed E-state index contributed by atoms with van der Waals surface area (Å²) in [7, 11) is -3.65. The van der Waals surface area contributed by atoms with Gasteiger partial charge in [0.2, 0.25) is 0 Å². The normalized spacial score (nSPS) is 11.4. The zero-order chi connectivity index (χ0) is 18.4. The average Bonchev–Trinajstić information content (AvgIpc) is 2.68. The highest BCUT2D eigenvalue weighted by atomic mass is 32.2. The van der Waals surface area contributed by atoms with Gasteiger partial charge in [0.25, 0.3) is 5.91 Å². The van der Waals surface area contributed by atoms with Crippen molar-refractivity contribution >= 4 is 27.5 Å². The van der Waals surface area contributed by atoms with E-state index in [1.54, 1.807) is 24.3 Å². The summed E-state index contributed by atoms with van der Waals surface area (Å²) in [5, 5.41) is 3.89. The van der Waals surface area contributed by atoms with Crippen molar-refractivity contribution in [3.05, 3.63) is 101 Å². The molecular weight excluding hydrogens is 346 g/mol. The molecule has 3 aromatic carbocycles. The van der Waals surface area contributed by atoms with Crippen molar-refractivity contribution < 1.29 is 13.2 Å². The standard InChI is InChI=1S/C21H17NO3S/c23-21(22-19-11-5-2-6-12-19)18-10-7-13-20(16-18)26(24,25)15-14-17-8-3-1-4-9-17/h1-16H,(H,22,23). The van der Waals surface area contributed by atoms with Crippen LogP contribution in [-0.2, 0) is 9.84 Å². The van der Waals surface area contributed by atoms with Crippen LogP contribution in [0.3, 0.4) is 0 Å². The topological polar surface area (TPSA) is 63.2 Å². The lowest BCUT2D eigenvalue weighted by Crippen LogP contribution is -2.12. The Kier molecular flexibility index (Phi) is 5.29. The van der Waals surface area contributed by atoms with E-state index in [1.165, 1.54) is 18.2 Å². The van der Waals surface area contributed by atoms with Gasteiger partial charge >= 0.3 is 0 Å². The van der Waals surface area contributed by atoms with E-state index in [4.69, 9.17) is 0 Å². The maximum Gasteiger partial charge on any atom is 0.255 e. The number of hydrogen-bond donors (Lipinski definition) is 1. The van der Waals surface area contributed by atoms with Gasteiger partial charge < -0.3 is 5.32 Å². The SMILES string of the molecule is O=C(Nc1ccccc1)c1cccc(S(=O)(=O)C=Cc2ccccc2)c1. The van der Waals surface area contributed by atoms with E-state index in [-0.39, 0.29) is 16.4 Å². The molecule has 3 aromatic rings. The lowest BCUT2D eigenvalue weighted by Gasteiger charge is -2.06. The lowest BCUT2D eigenvalue weighted by atomic mass is 10.2. The molecule has 0 aliphatic carbocycles. The summed E-state index contributed by atoms with van der Waals surface area (Å²) in [6.07, 6.45) is 1.53. The number of nitrogens with one attached hydrogen (secondary N) is 1. The Labute approximate surface area is 152 Å². The molecule has 26 heavy (non-hydrogen) atoms. The first-order chi connectivity index (χ1) is 12.5. The van der Waals surface area contributed by atoms with Crippen LogP contribution in [0.25, 0.3) is 6.08 Å². The second-order valence-corrected chi connectivity index (χ2v) is 7.44. The molecule has 0 saturated carbocycles. The fourth-order valence-corrected chi connectivity index (χ4v) is 3.40. The molecule has 4 nitrogen and oxygen atoms in total. The summed E-state index contributed by atoms with van der Waals surface area (Å²) in [5.74, 6) is -0.361. The number of carbonyl (C=O) groups excluding carboxylic acids is 1. The number of benzene rings is 3. The van der Waals surface area contributed by atoms with Gasteiger partial charge in [-0.1, -0.05) is 54.6 Å². The van der Waals surface area contributed by atoms with Gasteiger partial charge in [-0.3, -0.25) is 4.79 Å². The van der Waals surface area contributed by atoms with Crippen molar-refractivity contribution in [3.63, 3.8) is 0 Å². The zero-order valence-electron chi connectivity index (χ0n) is 13.9. The Balaban J connectivity index is 1.82. The smallest absolute Gasteiger partial charge is 0.255 e. The molecule has 3 rings (SSSR count). The second kappa shape index (κ2) is 7.80. The van der Waals surface area contributed by atoms with Gasteiger partial charge in [0, 0.05) is 16.7 Å². The summed E-state index contributed by atoms with van der Waals surface area (Å²) >= 11 is 0. The third-order valence-corrected chi connectivity index (χ3v) is 5.10. The average molecular weight is 363 g/mol. The van der Waals surface area contributed by atoms with Crippen LogP contribution in [0.1, 0.15) is 15.9 Å². The molecule has 5 heteroatoms. The molecular formula is C21H17NO3S. The second-order valence-electron chi connectivity index (χ2n) is 5.61. The van der Waals surface area contributed by atoms with E-state index < -0.39 is 9.84 Å². The van der Waals surface area contributed by atoms with Crippen LogP contribution >= 0.6 is 0 Å². The van der Waals surface area contributed by atoms with E-state index in [0.29, 0.717) is 5.69 Å². The molecule has 1 amide bonds. The van der Waals surface area contributed by atoms with E-state index in [0.717, 1.165) is 11.0 Å². The number of rotatable bonds is 5. The molecule has 0 saturated heterocycles. The highest BCUT2D eigenvalue weighted by molar-refractivity contribution is 7.94. The van der Waals surface area contributed by atoms with Gasteiger partial charge in [-0.2, -0.15) is 0 Å². The van der Waals surface area contributed by atoms with Crippen LogP contribution in [0.15, 0.2) is 95.2 Å². The van der Waals surface area contributed by atoms with E-state index >= 15 is 0 Å². The molecule has 0 radical (unpaired) electrons. The molecule has 0 aromatic heterocycles. The molecule has 0 heterocycles. The highest BCUT2D eigenvalue weighted by Gasteiger charge is 2.14. The Hall–Kier alpha value is -3.18. The van der Waals surface area contributed by atoms with Gasteiger partial charge in [-0.25, -0.2) is 8.42 Å². The number of sulfone groups is 1. The van der Waals surface area contributed by atoms with E-state index in [2.05, 4.69) is 5.32 Å². The summed E-state index contributed by atoms with van der Waals surface area (Å²) in [6, 6.07) is 24.2. The van der Waals surface area contributed by atoms with Crippen LogP contribution in [0.2, 0.25) is 0 Å².